The lowest BCUT2D eigenvalue weighted by molar-refractivity contribution is -0.149. The number of H-pyrrole nitrogens is 2. The Morgan fingerprint density at radius 3 is 2.19 bits per heavy atom. The van der Waals surface area contributed by atoms with Gasteiger partial charge < -0.3 is 29.3 Å². The van der Waals surface area contributed by atoms with Crippen molar-refractivity contribution in [3.05, 3.63) is 93.6 Å². The number of allylic oxidation sites excluding steroid dienone is 5. The first-order valence-electron chi connectivity index (χ1n) is 17.2. The van der Waals surface area contributed by atoms with Gasteiger partial charge >= 0.3 is 23.9 Å². The first kappa shape index (κ1) is 36.7. The van der Waals surface area contributed by atoms with Crippen molar-refractivity contribution in [1.29, 1.82) is 0 Å². The number of nitrogens with zero attached hydrogens (tertiary/aromatic N) is 2. The van der Waals surface area contributed by atoms with Gasteiger partial charge in [0.1, 0.15) is 5.92 Å². The average Bonchev–Trinajstić information content (AvgIpc) is 3.79. The van der Waals surface area contributed by atoms with Crippen molar-refractivity contribution < 1.29 is 38.5 Å². The molecule has 0 fully saturated rings. The van der Waals surface area contributed by atoms with E-state index in [4.69, 9.17) is 24.2 Å². The number of hydrogen-bond acceptors (Lipinski definition) is 9. The Hall–Kier alpha value is -6.04. The topological polar surface area (TPSA) is 174 Å². The molecule has 0 saturated carbocycles. The second kappa shape index (κ2) is 14.2. The fourth-order valence-corrected chi connectivity index (χ4v) is 7.68. The van der Waals surface area contributed by atoms with Gasteiger partial charge in [0.25, 0.3) is 0 Å². The standard InChI is InChI=1S/C41H42N4O8/c1-9-23-20(2)29-17-34-27-13-10-26(39(49)52-7)38(40(50)53-8)41(27,5)35(45-34)19-30-22(4)25(12-15-37(48)51-6)33(44-30)18-32-24(11-14-36(46)47)21(3)28(43-32)16-31(23)42-29/h9-10,13,16-19,38,42-43H,1,11-12,14-15H2,2-8H3,(H,46,47). The second-order valence-corrected chi connectivity index (χ2v) is 13.5. The van der Waals surface area contributed by atoms with Crippen molar-refractivity contribution in [2.24, 2.45) is 5.92 Å². The van der Waals surface area contributed by atoms with E-state index in [9.17, 15) is 24.3 Å². The molecule has 8 bridgehead atoms. The minimum atomic E-state index is -1.18. The lowest BCUT2D eigenvalue weighted by Crippen LogP contribution is -2.42. The second-order valence-electron chi connectivity index (χ2n) is 13.5. The number of esters is 3. The number of carbonyl (C=O) groups is 4. The molecule has 2 unspecified atom stereocenters. The van der Waals surface area contributed by atoms with Crippen molar-refractivity contribution >= 4 is 68.7 Å². The molecule has 6 rings (SSSR count). The molecule has 12 nitrogen and oxygen atoms in total. The number of rotatable bonds is 9. The van der Waals surface area contributed by atoms with Gasteiger partial charge in [0.2, 0.25) is 0 Å². The highest BCUT2D eigenvalue weighted by Gasteiger charge is 2.53. The Bertz CT molecular complexity index is 2370. The molecule has 0 saturated heterocycles. The number of nitrogens with one attached hydrogen (secondary N) is 2. The van der Waals surface area contributed by atoms with Crippen LogP contribution in [-0.2, 0) is 45.2 Å². The van der Waals surface area contributed by atoms with Gasteiger partial charge in [0, 0.05) is 40.5 Å². The predicted molar refractivity (Wildman–Crippen MR) is 201 cm³/mol. The van der Waals surface area contributed by atoms with E-state index in [1.807, 2.05) is 52.0 Å². The Morgan fingerprint density at radius 2 is 1.53 bits per heavy atom. The highest BCUT2D eigenvalue weighted by molar-refractivity contribution is 6.02. The van der Waals surface area contributed by atoms with Crippen LogP contribution in [0.3, 0.4) is 0 Å². The number of aromatic amines is 2. The summed E-state index contributed by atoms with van der Waals surface area (Å²) < 4.78 is 15.4. The van der Waals surface area contributed by atoms with Crippen LogP contribution in [0.4, 0.5) is 0 Å². The fourth-order valence-electron chi connectivity index (χ4n) is 7.68. The van der Waals surface area contributed by atoms with Crippen LogP contribution in [0.1, 0.15) is 78.1 Å². The molecule has 2 atom stereocenters. The van der Waals surface area contributed by atoms with Gasteiger partial charge in [-0.1, -0.05) is 24.8 Å². The fraction of sp³-hybridized carbons (Fsp3) is 0.317. The lowest BCUT2D eigenvalue weighted by atomic mass is 9.64. The van der Waals surface area contributed by atoms with Gasteiger partial charge in [-0.25, -0.2) is 9.78 Å². The third kappa shape index (κ3) is 6.28. The average molecular weight is 719 g/mol. The number of methoxy groups -OCH3 is 3. The molecule has 3 aromatic rings. The van der Waals surface area contributed by atoms with Crippen molar-refractivity contribution in [3.63, 3.8) is 0 Å². The maximum atomic E-state index is 13.7. The van der Waals surface area contributed by atoms with Crippen LogP contribution in [0.2, 0.25) is 0 Å². The van der Waals surface area contributed by atoms with E-state index in [0.29, 0.717) is 40.3 Å². The van der Waals surface area contributed by atoms with Gasteiger partial charge in [-0.05, 0) is 98.2 Å². The Kier molecular flexibility index (Phi) is 9.83. The van der Waals surface area contributed by atoms with Crippen LogP contribution in [0, 0.1) is 19.8 Å². The molecule has 3 aliphatic rings. The zero-order chi connectivity index (χ0) is 38.4. The first-order valence-corrected chi connectivity index (χ1v) is 17.2. The van der Waals surface area contributed by atoms with E-state index in [1.54, 1.807) is 18.2 Å². The molecule has 2 aliphatic heterocycles. The highest BCUT2D eigenvalue weighted by Crippen LogP contribution is 2.52. The maximum absolute atomic E-state index is 13.7. The molecule has 53 heavy (non-hydrogen) atoms. The van der Waals surface area contributed by atoms with Crippen LogP contribution in [0.15, 0.2) is 48.6 Å². The molecule has 3 aromatic heterocycles. The molecule has 12 heteroatoms. The summed E-state index contributed by atoms with van der Waals surface area (Å²) in [5, 5.41) is 9.61. The summed E-state index contributed by atoms with van der Waals surface area (Å²) in [4.78, 5) is 68.2. The third-order valence-corrected chi connectivity index (χ3v) is 10.7. The van der Waals surface area contributed by atoms with E-state index in [-0.39, 0.29) is 30.8 Å². The summed E-state index contributed by atoms with van der Waals surface area (Å²) in [5.74, 6) is -3.68. The van der Waals surface area contributed by atoms with Crippen LogP contribution >= 0.6 is 0 Å². The lowest BCUT2D eigenvalue weighted by Gasteiger charge is -2.36. The van der Waals surface area contributed by atoms with E-state index in [1.165, 1.54) is 21.3 Å². The molecule has 0 aromatic carbocycles. The molecule has 0 spiro atoms. The molecule has 1 aliphatic carbocycles. The van der Waals surface area contributed by atoms with E-state index < -0.39 is 29.2 Å². The van der Waals surface area contributed by atoms with E-state index in [0.717, 1.165) is 50.0 Å². The van der Waals surface area contributed by atoms with Crippen molar-refractivity contribution in [3.8, 4) is 0 Å². The zero-order valence-electron chi connectivity index (χ0n) is 30.9. The van der Waals surface area contributed by atoms with Crippen molar-refractivity contribution in [1.82, 2.24) is 19.9 Å². The minimum Gasteiger partial charge on any atom is -0.481 e. The Morgan fingerprint density at radius 1 is 0.830 bits per heavy atom. The zero-order valence-corrected chi connectivity index (χ0v) is 30.9. The molecule has 5 heterocycles. The van der Waals surface area contributed by atoms with E-state index in [2.05, 4.69) is 16.5 Å². The number of carbonyl (C=O) groups excluding carboxylic acids is 3. The SMILES string of the molecule is C=Cc1c(C)c2cc3nc(cc4nc(cc5[nH]c(cc1[nH]2)c(C)c5CCC(=O)O)C(CCC(=O)OC)=C4C)C1(C)C3=CC=C(C(=O)OC)C1C(=O)OC. The van der Waals surface area contributed by atoms with Crippen LogP contribution in [0.25, 0.3) is 44.9 Å². The van der Waals surface area contributed by atoms with E-state index >= 15 is 0 Å². The van der Waals surface area contributed by atoms with Gasteiger partial charge in [0.15, 0.2) is 0 Å². The van der Waals surface area contributed by atoms with Crippen LogP contribution in [-0.4, -0.2) is 70.2 Å². The predicted octanol–water partition coefficient (Wildman–Crippen LogP) is 6.72. The molecule has 3 N–H and O–H groups in total. The van der Waals surface area contributed by atoms with Crippen molar-refractivity contribution in [2.45, 2.75) is 58.8 Å². The summed E-state index contributed by atoms with van der Waals surface area (Å²) in [6.07, 6.45) is 5.79. The monoisotopic (exact) mass is 718 g/mol. The largest absolute Gasteiger partial charge is 0.481 e. The number of ether oxygens (including phenoxy) is 3. The molecular weight excluding hydrogens is 676 g/mol. The summed E-state index contributed by atoms with van der Waals surface area (Å²) >= 11 is 0. The quantitative estimate of drug-likeness (QED) is 0.159. The molecule has 274 valence electrons. The summed E-state index contributed by atoms with van der Waals surface area (Å²) in [6.45, 7) is 11.8. The molecular formula is C41H42N4O8. The number of aliphatic carboxylic acids is 1. The number of fused-ring (bicyclic) bond motifs is 11. The maximum Gasteiger partial charge on any atom is 0.334 e. The third-order valence-electron chi connectivity index (χ3n) is 10.7. The van der Waals surface area contributed by atoms with Gasteiger partial charge in [-0.3, -0.25) is 19.4 Å². The summed E-state index contributed by atoms with van der Waals surface area (Å²) in [5.41, 5.74) is 9.92. The summed E-state index contributed by atoms with van der Waals surface area (Å²) in [6, 6.07) is 7.59. The Balaban J connectivity index is 1.77. The number of carboxylic acids is 1. The van der Waals surface area contributed by atoms with Gasteiger partial charge in [-0.15, -0.1) is 0 Å². The number of aromatic nitrogens is 4. The highest BCUT2D eigenvalue weighted by atomic mass is 16.5. The van der Waals surface area contributed by atoms with Crippen LogP contribution in [0.5, 0.6) is 0 Å². The number of aryl methyl sites for hydroxylation is 3. The molecule has 0 radical (unpaired) electrons. The molecule has 0 amide bonds. The smallest absolute Gasteiger partial charge is 0.334 e. The van der Waals surface area contributed by atoms with Crippen molar-refractivity contribution in [2.75, 3.05) is 21.3 Å². The first-order chi connectivity index (χ1) is 25.3. The number of carboxylic acid groups (broad SMARTS) is 1. The number of hydrogen-bond donors (Lipinski definition) is 3. The van der Waals surface area contributed by atoms with Crippen LogP contribution < -0.4 is 0 Å². The van der Waals surface area contributed by atoms with Gasteiger partial charge in [0.05, 0.1) is 55.1 Å². The summed E-state index contributed by atoms with van der Waals surface area (Å²) in [7, 11) is 3.88. The normalized spacial score (nSPS) is 17.8. The minimum absolute atomic E-state index is 0.0739. The van der Waals surface area contributed by atoms with Gasteiger partial charge in [-0.2, -0.15) is 0 Å². The Labute approximate surface area is 306 Å².